The van der Waals surface area contributed by atoms with Crippen molar-refractivity contribution < 1.29 is 24.5 Å². The first-order valence-electron chi connectivity index (χ1n) is 8.70. The van der Waals surface area contributed by atoms with E-state index < -0.39 is 50.7 Å². The Balaban J connectivity index is 2.39. The van der Waals surface area contributed by atoms with Crippen LogP contribution in [-0.2, 0) is 28.8 Å². The van der Waals surface area contributed by atoms with Gasteiger partial charge in [-0.15, -0.1) is 0 Å². The predicted octanol–water partition coefficient (Wildman–Crippen LogP) is -2.86. The molecule has 1 fully saturated rings. The molecule has 1 aliphatic heterocycles. The molecule has 1 aliphatic rings. The molecule has 0 aromatic carbocycles. The fraction of sp³-hybridized carbons (Fsp3) is 0.800. The SMILES string of the molecule is C[Si](C)(C)OCC(O)Cn1c(=O)n(CC(O)CO)c(=O)n(CC2CO2)c1=O. The summed E-state index contributed by atoms with van der Waals surface area (Å²) in [6, 6.07) is 0. The minimum atomic E-state index is -1.90. The Hall–Kier alpha value is -1.57. The molecule has 12 heteroatoms. The molecular formula is C15H27N3O8Si. The molecule has 0 bridgehead atoms. The van der Waals surface area contributed by atoms with Crippen LogP contribution in [0.3, 0.4) is 0 Å². The highest BCUT2D eigenvalue weighted by molar-refractivity contribution is 6.69. The van der Waals surface area contributed by atoms with Gasteiger partial charge >= 0.3 is 17.1 Å². The molecule has 0 aliphatic carbocycles. The Morgan fingerprint density at radius 2 is 1.52 bits per heavy atom. The second-order valence-electron chi connectivity index (χ2n) is 7.55. The lowest BCUT2D eigenvalue weighted by atomic mass is 10.3. The van der Waals surface area contributed by atoms with E-state index in [0.29, 0.717) is 11.2 Å². The Labute approximate surface area is 156 Å². The van der Waals surface area contributed by atoms with Crippen molar-refractivity contribution in [3.63, 3.8) is 0 Å². The van der Waals surface area contributed by atoms with Crippen LogP contribution in [0.15, 0.2) is 14.4 Å². The molecule has 2 rings (SSSR count). The highest BCUT2D eigenvalue weighted by atomic mass is 28.4. The second kappa shape index (κ2) is 8.62. The van der Waals surface area contributed by atoms with Crippen LogP contribution in [0.5, 0.6) is 0 Å². The minimum Gasteiger partial charge on any atom is -0.415 e. The standard InChI is InChI=1S/C15H27N3O8Si/c1-27(2,3)26-8-11(21)5-17-13(22)16(4-10(20)7-19)14(23)18(15(17)24)6-12-9-25-12/h10-12,19-21H,4-9H2,1-3H3. The monoisotopic (exact) mass is 405 g/mol. The van der Waals surface area contributed by atoms with E-state index in [9.17, 15) is 24.6 Å². The Bertz CT molecular complexity index is 820. The van der Waals surface area contributed by atoms with Gasteiger partial charge in [-0.25, -0.2) is 28.1 Å². The summed E-state index contributed by atoms with van der Waals surface area (Å²) < 4.78 is 12.9. The van der Waals surface area contributed by atoms with Crippen molar-refractivity contribution in [3.05, 3.63) is 31.5 Å². The summed E-state index contributed by atoms with van der Waals surface area (Å²) in [6.45, 7) is 4.65. The van der Waals surface area contributed by atoms with Crippen molar-refractivity contribution >= 4 is 8.32 Å². The second-order valence-corrected chi connectivity index (χ2v) is 12.1. The fourth-order valence-corrected chi connectivity index (χ4v) is 3.10. The van der Waals surface area contributed by atoms with Crippen LogP contribution in [0, 0.1) is 0 Å². The van der Waals surface area contributed by atoms with Gasteiger partial charge in [-0.05, 0) is 19.6 Å². The van der Waals surface area contributed by atoms with Crippen molar-refractivity contribution in [3.8, 4) is 0 Å². The van der Waals surface area contributed by atoms with E-state index in [1.807, 2.05) is 19.6 Å². The van der Waals surface area contributed by atoms with E-state index in [1.165, 1.54) is 0 Å². The summed E-state index contributed by atoms with van der Waals surface area (Å²) in [6.07, 6.45) is -2.76. The molecule has 27 heavy (non-hydrogen) atoms. The fourth-order valence-electron chi connectivity index (χ4n) is 2.41. The lowest BCUT2D eigenvalue weighted by Gasteiger charge is -2.21. The topological polar surface area (TPSA) is 148 Å². The summed E-state index contributed by atoms with van der Waals surface area (Å²) >= 11 is 0. The van der Waals surface area contributed by atoms with Gasteiger partial charge in [0.25, 0.3) is 0 Å². The summed E-state index contributed by atoms with van der Waals surface area (Å²) in [5.41, 5.74) is -2.71. The van der Waals surface area contributed by atoms with Gasteiger partial charge in [-0.1, -0.05) is 0 Å². The van der Waals surface area contributed by atoms with Crippen LogP contribution in [-0.4, -0.2) is 75.5 Å². The molecule has 2 heterocycles. The van der Waals surface area contributed by atoms with Crippen LogP contribution in [0.4, 0.5) is 0 Å². The van der Waals surface area contributed by atoms with Gasteiger partial charge in [0.05, 0.1) is 57.8 Å². The minimum absolute atomic E-state index is 0.0331. The molecule has 1 saturated heterocycles. The van der Waals surface area contributed by atoms with Gasteiger partial charge in [0.1, 0.15) is 0 Å². The van der Waals surface area contributed by atoms with E-state index in [-0.39, 0.29) is 25.8 Å². The summed E-state index contributed by atoms with van der Waals surface area (Å²) in [5, 5.41) is 28.8. The zero-order chi connectivity index (χ0) is 20.4. The maximum Gasteiger partial charge on any atom is 0.336 e. The number of epoxide rings is 1. The first-order valence-corrected chi connectivity index (χ1v) is 12.1. The molecule has 0 saturated carbocycles. The number of aromatic nitrogens is 3. The van der Waals surface area contributed by atoms with E-state index in [1.54, 1.807) is 0 Å². The largest absolute Gasteiger partial charge is 0.415 e. The molecule has 0 radical (unpaired) electrons. The lowest BCUT2D eigenvalue weighted by molar-refractivity contribution is 0.0736. The Morgan fingerprint density at radius 3 is 1.96 bits per heavy atom. The van der Waals surface area contributed by atoms with Crippen molar-refractivity contribution in [2.24, 2.45) is 0 Å². The van der Waals surface area contributed by atoms with Gasteiger partial charge < -0.3 is 24.5 Å². The molecule has 154 valence electrons. The maximum atomic E-state index is 12.6. The molecule has 0 spiro atoms. The van der Waals surface area contributed by atoms with Crippen molar-refractivity contribution in [1.82, 2.24) is 13.7 Å². The normalized spacial score (nSPS) is 19.1. The number of hydrogen-bond donors (Lipinski definition) is 3. The molecule has 1 aromatic rings. The van der Waals surface area contributed by atoms with Gasteiger partial charge in [-0.3, -0.25) is 0 Å². The van der Waals surface area contributed by atoms with Crippen LogP contribution >= 0.6 is 0 Å². The number of rotatable bonds is 10. The first-order chi connectivity index (χ1) is 12.5. The van der Waals surface area contributed by atoms with Gasteiger partial charge in [-0.2, -0.15) is 0 Å². The average molecular weight is 405 g/mol. The summed E-state index contributed by atoms with van der Waals surface area (Å²) in [7, 11) is -1.90. The van der Waals surface area contributed by atoms with E-state index >= 15 is 0 Å². The molecule has 3 atom stereocenters. The highest BCUT2D eigenvalue weighted by Gasteiger charge is 2.27. The molecule has 11 nitrogen and oxygen atoms in total. The molecular weight excluding hydrogens is 378 g/mol. The van der Waals surface area contributed by atoms with Crippen molar-refractivity contribution in [2.75, 3.05) is 19.8 Å². The van der Waals surface area contributed by atoms with Crippen LogP contribution in [0.2, 0.25) is 19.6 Å². The van der Waals surface area contributed by atoms with Crippen molar-refractivity contribution in [1.29, 1.82) is 0 Å². The quantitative estimate of drug-likeness (QED) is 0.278. The van der Waals surface area contributed by atoms with E-state index in [4.69, 9.17) is 14.3 Å². The third-order valence-corrected chi connectivity index (χ3v) is 4.91. The smallest absolute Gasteiger partial charge is 0.336 e. The zero-order valence-corrected chi connectivity index (χ0v) is 16.7. The van der Waals surface area contributed by atoms with Crippen LogP contribution in [0.25, 0.3) is 0 Å². The van der Waals surface area contributed by atoms with Crippen LogP contribution < -0.4 is 17.1 Å². The van der Waals surface area contributed by atoms with Gasteiger partial charge in [0.15, 0.2) is 8.32 Å². The van der Waals surface area contributed by atoms with E-state index in [0.717, 1.165) is 9.13 Å². The van der Waals surface area contributed by atoms with Crippen LogP contribution in [0.1, 0.15) is 0 Å². The highest BCUT2D eigenvalue weighted by Crippen LogP contribution is 2.09. The number of aliphatic hydroxyl groups excluding tert-OH is 3. The maximum absolute atomic E-state index is 12.6. The summed E-state index contributed by atoms with van der Waals surface area (Å²) in [5.74, 6) is 0. The third kappa shape index (κ3) is 5.95. The average Bonchev–Trinajstić information content (AvgIpc) is 3.41. The Kier molecular flexibility index (Phi) is 6.94. The lowest BCUT2D eigenvalue weighted by Crippen LogP contribution is -2.57. The number of hydrogen-bond acceptors (Lipinski definition) is 8. The third-order valence-electron chi connectivity index (χ3n) is 3.88. The molecule has 3 unspecified atom stereocenters. The molecule has 0 amide bonds. The number of nitrogens with zero attached hydrogens (tertiary/aromatic N) is 3. The molecule has 1 aromatic heterocycles. The first kappa shape index (κ1) is 21.7. The molecule has 3 N–H and O–H groups in total. The zero-order valence-electron chi connectivity index (χ0n) is 15.7. The van der Waals surface area contributed by atoms with Crippen molar-refractivity contribution in [2.45, 2.75) is 57.6 Å². The van der Waals surface area contributed by atoms with Gasteiger partial charge in [0.2, 0.25) is 0 Å². The predicted molar refractivity (Wildman–Crippen MR) is 97.4 cm³/mol. The number of aliphatic hydroxyl groups is 3. The number of ether oxygens (including phenoxy) is 1. The summed E-state index contributed by atoms with van der Waals surface area (Å²) in [4.78, 5) is 37.7. The van der Waals surface area contributed by atoms with Gasteiger partial charge in [0, 0.05) is 0 Å². The van der Waals surface area contributed by atoms with E-state index in [2.05, 4.69) is 0 Å². The Morgan fingerprint density at radius 1 is 1.04 bits per heavy atom.